The predicted molar refractivity (Wildman–Crippen MR) is 74.0 cm³/mol. The van der Waals surface area contributed by atoms with E-state index < -0.39 is 5.97 Å². The van der Waals surface area contributed by atoms with Gasteiger partial charge >= 0.3 is 12.0 Å². The Kier molecular flexibility index (Phi) is 6.12. The largest absolute Gasteiger partial charge is 0.480 e. The monoisotopic (exact) mass is 270 g/mol. The highest BCUT2D eigenvalue weighted by Gasteiger charge is 2.29. The third-order valence-corrected chi connectivity index (χ3v) is 4.18. The summed E-state index contributed by atoms with van der Waals surface area (Å²) in [5, 5.41) is 11.9. The Bertz CT molecular complexity index is 314. The minimum absolute atomic E-state index is 0.0650. The van der Waals surface area contributed by atoms with Gasteiger partial charge in [-0.1, -0.05) is 33.1 Å². The normalized spacial score (nSPS) is 18.9. The highest BCUT2D eigenvalue weighted by atomic mass is 16.4. The Balaban J connectivity index is 2.62. The molecule has 0 aliphatic heterocycles. The maximum absolute atomic E-state index is 12.2. The van der Waals surface area contributed by atoms with Crippen molar-refractivity contribution in [3.05, 3.63) is 0 Å². The molecule has 0 radical (unpaired) electrons. The average molecular weight is 270 g/mol. The predicted octanol–water partition coefficient (Wildman–Crippen LogP) is 2.46. The number of carbonyl (C=O) groups excluding carboxylic acids is 1. The molecule has 2 N–H and O–H groups in total. The zero-order chi connectivity index (χ0) is 14.4. The molecule has 0 saturated heterocycles. The number of rotatable bonds is 6. The van der Waals surface area contributed by atoms with Crippen LogP contribution in [-0.4, -0.2) is 40.6 Å². The van der Waals surface area contributed by atoms with Gasteiger partial charge in [-0.25, -0.2) is 4.79 Å². The van der Waals surface area contributed by atoms with Gasteiger partial charge in [-0.05, 0) is 25.7 Å². The van der Waals surface area contributed by atoms with E-state index >= 15 is 0 Å². The zero-order valence-electron chi connectivity index (χ0n) is 12.2. The summed E-state index contributed by atoms with van der Waals surface area (Å²) in [6, 6.07) is -0.0856. The number of nitrogens with one attached hydrogen (secondary N) is 1. The highest BCUT2D eigenvalue weighted by Crippen LogP contribution is 2.23. The first kappa shape index (κ1) is 15.8. The maximum Gasteiger partial charge on any atom is 0.323 e. The van der Waals surface area contributed by atoms with Gasteiger partial charge < -0.3 is 15.3 Å². The number of carboxylic acids is 1. The van der Waals surface area contributed by atoms with Crippen molar-refractivity contribution in [2.24, 2.45) is 5.92 Å². The van der Waals surface area contributed by atoms with E-state index in [9.17, 15) is 9.59 Å². The molecule has 5 heteroatoms. The van der Waals surface area contributed by atoms with Crippen LogP contribution in [0.2, 0.25) is 0 Å². The van der Waals surface area contributed by atoms with Gasteiger partial charge in [-0.2, -0.15) is 0 Å². The molecule has 2 atom stereocenters. The molecule has 0 aromatic heterocycles. The van der Waals surface area contributed by atoms with Gasteiger partial charge in [0, 0.05) is 12.1 Å². The van der Waals surface area contributed by atoms with Gasteiger partial charge in [-0.3, -0.25) is 4.79 Å². The molecule has 19 heavy (non-hydrogen) atoms. The molecular weight excluding hydrogens is 244 g/mol. The molecule has 5 nitrogen and oxygen atoms in total. The second-order valence-electron chi connectivity index (χ2n) is 5.58. The van der Waals surface area contributed by atoms with Crippen LogP contribution in [0, 0.1) is 5.92 Å². The van der Waals surface area contributed by atoms with E-state index in [2.05, 4.69) is 19.2 Å². The molecule has 1 aliphatic carbocycles. The van der Waals surface area contributed by atoms with E-state index in [1.807, 2.05) is 6.92 Å². The van der Waals surface area contributed by atoms with Crippen molar-refractivity contribution in [1.82, 2.24) is 10.2 Å². The minimum atomic E-state index is -0.946. The van der Waals surface area contributed by atoms with Crippen molar-refractivity contribution < 1.29 is 14.7 Å². The first-order valence-electron chi connectivity index (χ1n) is 7.24. The van der Waals surface area contributed by atoms with E-state index in [1.165, 1.54) is 4.90 Å². The van der Waals surface area contributed by atoms with Crippen LogP contribution in [0.25, 0.3) is 0 Å². The number of hydrogen-bond acceptors (Lipinski definition) is 2. The first-order valence-corrected chi connectivity index (χ1v) is 7.24. The van der Waals surface area contributed by atoms with Gasteiger partial charge in [0.2, 0.25) is 0 Å². The summed E-state index contributed by atoms with van der Waals surface area (Å²) < 4.78 is 0. The summed E-state index contributed by atoms with van der Waals surface area (Å²) >= 11 is 0. The topological polar surface area (TPSA) is 69.6 Å². The molecule has 1 fully saturated rings. The lowest BCUT2D eigenvalue weighted by Gasteiger charge is -2.30. The lowest BCUT2D eigenvalue weighted by Crippen LogP contribution is -2.51. The number of carbonyl (C=O) groups is 2. The third kappa shape index (κ3) is 4.73. The Labute approximate surface area is 115 Å². The molecule has 2 amide bonds. The van der Waals surface area contributed by atoms with Crippen molar-refractivity contribution in [3.63, 3.8) is 0 Å². The maximum atomic E-state index is 12.2. The average Bonchev–Trinajstić information content (AvgIpc) is 2.87. The third-order valence-electron chi connectivity index (χ3n) is 4.18. The number of hydrogen-bond donors (Lipinski definition) is 2. The van der Waals surface area contributed by atoms with Gasteiger partial charge in [0.1, 0.15) is 6.54 Å². The number of carboxylic acid groups (broad SMARTS) is 1. The van der Waals surface area contributed by atoms with Crippen LogP contribution in [-0.2, 0) is 4.79 Å². The Hall–Kier alpha value is -1.26. The molecule has 0 aromatic carbocycles. The van der Waals surface area contributed by atoms with Crippen molar-refractivity contribution in [3.8, 4) is 0 Å². The van der Waals surface area contributed by atoms with Gasteiger partial charge in [0.05, 0.1) is 0 Å². The fourth-order valence-electron chi connectivity index (χ4n) is 2.50. The summed E-state index contributed by atoms with van der Waals surface area (Å²) in [5.74, 6) is -0.558. The second kappa shape index (κ2) is 7.36. The summed E-state index contributed by atoms with van der Waals surface area (Å²) in [6.07, 6.45) is 4.98. The second-order valence-corrected chi connectivity index (χ2v) is 5.58. The smallest absolute Gasteiger partial charge is 0.323 e. The molecule has 1 rings (SSSR count). The summed E-state index contributed by atoms with van der Waals surface area (Å²) in [5.41, 5.74) is 0. The van der Waals surface area contributed by atoms with Crippen LogP contribution >= 0.6 is 0 Å². The fraction of sp³-hybridized carbons (Fsp3) is 0.857. The zero-order valence-corrected chi connectivity index (χ0v) is 12.2. The molecule has 2 unspecified atom stereocenters. The van der Waals surface area contributed by atoms with Crippen LogP contribution in [0.3, 0.4) is 0 Å². The molecule has 1 aliphatic rings. The lowest BCUT2D eigenvalue weighted by atomic mass is 10.0. The highest BCUT2D eigenvalue weighted by molar-refractivity contribution is 5.80. The molecule has 0 bridgehead atoms. The van der Waals surface area contributed by atoms with Crippen molar-refractivity contribution in [2.75, 3.05) is 6.54 Å². The van der Waals surface area contributed by atoms with Gasteiger partial charge in [0.15, 0.2) is 0 Å². The van der Waals surface area contributed by atoms with Crippen LogP contribution in [0.4, 0.5) is 4.79 Å². The van der Waals surface area contributed by atoms with Crippen molar-refractivity contribution >= 4 is 12.0 Å². The fourth-order valence-corrected chi connectivity index (χ4v) is 2.50. The summed E-state index contributed by atoms with van der Waals surface area (Å²) in [6.45, 7) is 5.94. The standard InChI is InChI=1S/C14H26N2O3/c1-4-10(2)11(3)15-14(19)16(9-13(17)18)12-7-5-6-8-12/h10-12H,4-9H2,1-3H3,(H,15,19)(H,17,18). The Morgan fingerprint density at radius 3 is 2.37 bits per heavy atom. The SMILES string of the molecule is CCC(C)C(C)NC(=O)N(CC(=O)O)C1CCCC1. The quantitative estimate of drug-likeness (QED) is 0.779. The van der Waals surface area contributed by atoms with E-state index in [1.54, 1.807) is 0 Å². The van der Waals surface area contributed by atoms with Crippen LogP contribution < -0.4 is 5.32 Å². The van der Waals surface area contributed by atoms with E-state index in [0.29, 0.717) is 5.92 Å². The van der Waals surface area contributed by atoms with Crippen molar-refractivity contribution in [2.45, 2.75) is 65.0 Å². The van der Waals surface area contributed by atoms with Crippen molar-refractivity contribution in [1.29, 1.82) is 0 Å². The lowest BCUT2D eigenvalue weighted by molar-refractivity contribution is -0.138. The van der Waals surface area contributed by atoms with E-state index in [0.717, 1.165) is 32.1 Å². The summed E-state index contributed by atoms with van der Waals surface area (Å²) in [7, 11) is 0. The molecule has 110 valence electrons. The molecular formula is C14H26N2O3. The number of amides is 2. The number of urea groups is 1. The van der Waals surface area contributed by atoms with Crippen LogP contribution in [0.5, 0.6) is 0 Å². The summed E-state index contributed by atoms with van der Waals surface area (Å²) in [4.78, 5) is 24.7. The first-order chi connectivity index (χ1) is 8.95. The Morgan fingerprint density at radius 1 is 1.32 bits per heavy atom. The molecule has 0 spiro atoms. The molecule has 0 aromatic rings. The van der Waals surface area contributed by atoms with Gasteiger partial charge in [0.25, 0.3) is 0 Å². The van der Waals surface area contributed by atoms with Gasteiger partial charge in [-0.15, -0.1) is 0 Å². The minimum Gasteiger partial charge on any atom is -0.480 e. The Morgan fingerprint density at radius 2 is 1.89 bits per heavy atom. The van der Waals surface area contributed by atoms with Crippen LogP contribution in [0.1, 0.15) is 52.9 Å². The number of nitrogens with zero attached hydrogens (tertiary/aromatic N) is 1. The van der Waals surface area contributed by atoms with E-state index in [-0.39, 0.29) is 24.7 Å². The van der Waals surface area contributed by atoms with E-state index in [4.69, 9.17) is 5.11 Å². The molecule has 1 saturated carbocycles. The molecule has 0 heterocycles. The van der Waals surface area contributed by atoms with Crippen LogP contribution in [0.15, 0.2) is 0 Å². The number of aliphatic carboxylic acids is 1.